The van der Waals surface area contributed by atoms with Gasteiger partial charge in [-0.25, -0.2) is 4.98 Å². The highest BCUT2D eigenvalue weighted by atomic mass is 16.5. The normalized spacial score (nSPS) is 12.5. The number of benzene rings is 2. The Morgan fingerprint density at radius 1 is 1.10 bits per heavy atom. The molecule has 1 N–H and O–H groups in total. The van der Waals surface area contributed by atoms with E-state index in [9.17, 15) is 4.79 Å². The van der Waals surface area contributed by atoms with E-state index in [0.29, 0.717) is 41.5 Å². The lowest BCUT2D eigenvalue weighted by molar-refractivity contribution is 0.158. The summed E-state index contributed by atoms with van der Waals surface area (Å²) in [7, 11) is 0. The maximum Gasteiger partial charge on any atom is 0.258 e. The second-order valence-corrected chi connectivity index (χ2v) is 7.57. The summed E-state index contributed by atoms with van der Waals surface area (Å²) >= 11 is 0. The Kier molecular flexibility index (Phi) is 5.72. The first-order valence-electron chi connectivity index (χ1n) is 10.1. The lowest BCUT2D eigenvalue weighted by atomic mass is 10.1. The fourth-order valence-electron chi connectivity index (χ4n) is 3.42. The van der Waals surface area contributed by atoms with Crippen LogP contribution in [0.15, 0.2) is 57.8 Å². The van der Waals surface area contributed by atoms with Gasteiger partial charge in [0.1, 0.15) is 5.82 Å². The molecule has 7 nitrogen and oxygen atoms in total. The van der Waals surface area contributed by atoms with Crippen molar-refractivity contribution in [2.45, 2.75) is 46.3 Å². The minimum atomic E-state index is -0.126. The van der Waals surface area contributed by atoms with E-state index in [2.05, 4.69) is 38.9 Å². The number of nitrogens with zero attached hydrogens (tertiary/aromatic N) is 4. The van der Waals surface area contributed by atoms with E-state index in [-0.39, 0.29) is 11.6 Å². The zero-order chi connectivity index (χ0) is 21.1. The van der Waals surface area contributed by atoms with Gasteiger partial charge in [-0.15, -0.1) is 0 Å². The van der Waals surface area contributed by atoms with Gasteiger partial charge in [0.15, 0.2) is 0 Å². The third-order valence-corrected chi connectivity index (χ3v) is 5.31. The van der Waals surface area contributed by atoms with Gasteiger partial charge in [0, 0.05) is 11.6 Å². The van der Waals surface area contributed by atoms with E-state index in [0.717, 1.165) is 17.5 Å². The van der Waals surface area contributed by atoms with Gasteiger partial charge < -0.3 is 9.51 Å². The Morgan fingerprint density at radius 3 is 2.73 bits per heavy atom. The monoisotopic (exact) mass is 403 g/mol. The topological polar surface area (TPSA) is 87.9 Å². The van der Waals surface area contributed by atoms with Crippen LogP contribution in [0.1, 0.15) is 37.5 Å². The van der Waals surface area contributed by atoms with Crippen molar-refractivity contribution in [2.24, 2.45) is 0 Å². The van der Waals surface area contributed by atoms with Crippen molar-refractivity contribution >= 4 is 10.9 Å². The first-order chi connectivity index (χ1) is 14.5. The Bertz CT molecular complexity index is 1210. The quantitative estimate of drug-likeness (QED) is 0.500. The SMILES string of the molecule is CCC(C)N(Cc1nc2ccccc2c(=O)[nH]1)Cc1nc(-c2cccc(C)c2)no1. The molecule has 7 heteroatoms. The molecule has 30 heavy (non-hydrogen) atoms. The summed E-state index contributed by atoms with van der Waals surface area (Å²) in [6.07, 6.45) is 0.941. The molecule has 0 spiro atoms. The molecule has 0 bridgehead atoms. The van der Waals surface area contributed by atoms with E-state index in [1.165, 1.54) is 0 Å². The smallest absolute Gasteiger partial charge is 0.258 e. The molecule has 1 atom stereocenters. The van der Waals surface area contributed by atoms with Gasteiger partial charge in [-0.3, -0.25) is 9.69 Å². The van der Waals surface area contributed by atoms with Crippen molar-refractivity contribution in [3.63, 3.8) is 0 Å². The first kappa shape index (κ1) is 20.0. The molecule has 0 aliphatic carbocycles. The van der Waals surface area contributed by atoms with Crippen LogP contribution < -0.4 is 5.56 Å². The average molecular weight is 403 g/mol. The molecule has 0 aliphatic heterocycles. The minimum Gasteiger partial charge on any atom is -0.338 e. The van der Waals surface area contributed by atoms with Gasteiger partial charge in [0.2, 0.25) is 11.7 Å². The van der Waals surface area contributed by atoms with Crippen LogP contribution in [0, 0.1) is 6.92 Å². The summed E-state index contributed by atoms with van der Waals surface area (Å²) in [5.74, 6) is 1.74. The third-order valence-electron chi connectivity index (χ3n) is 5.31. The number of aryl methyl sites for hydroxylation is 1. The summed E-state index contributed by atoms with van der Waals surface area (Å²) in [4.78, 5) is 26.7. The van der Waals surface area contributed by atoms with E-state index >= 15 is 0 Å². The molecular weight excluding hydrogens is 378 g/mol. The molecule has 2 heterocycles. The molecule has 0 amide bonds. The number of hydrogen-bond donors (Lipinski definition) is 1. The van der Waals surface area contributed by atoms with Crippen LogP contribution in [-0.4, -0.2) is 31.1 Å². The fourth-order valence-corrected chi connectivity index (χ4v) is 3.42. The predicted octanol–water partition coefficient (Wildman–Crippen LogP) is 4.08. The standard InChI is InChI=1S/C23H25N5O2/c1-4-16(3)28(13-20-24-19-11-6-5-10-18(19)23(29)25-20)14-21-26-22(27-30-21)17-9-7-8-15(2)12-17/h5-12,16H,4,13-14H2,1-3H3,(H,24,25,29). The van der Waals surface area contributed by atoms with Crippen LogP contribution in [0.3, 0.4) is 0 Å². The van der Waals surface area contributed by atoms with Crippen molar-refractivity contribution in [2.75, 3.05) is 0 Å². The molecule has 0 saturated carbocycles. The molecule has 4 rings (SSSR count). The first-order valence-corrected chi connectivity index (χ1v) is 10.1. The van der Waals surface area contributed by atoms with Crippen LogP contribution >= 0.6 is 0 Å². The molecule has 0 radical (unpaired) electrons. The lowest BCUT2D eigenvalue weighted by Crippen LogP contribution is -2.33. The maximum absolute atomic E-state index is 12.4. The van der Waals surface area contributed by atoms with Crippen LogP contribution in [0.25, 0.3) is 22.3 Å². The van der Waals surface area contributed by atoms with Gasteiger partial charge in [-0.05, 0) is 38.5 Å². The van der Waals surface area contributed by atoms with Crippen LogP contribution in [0.5, 0.6) is 0 Å². The Balaban J connectivity index is 1.58. The molecule has 154 valence electrons. The zero-order valence-corrected chi connectivity index (χ0v) is 17.4. The fraction of sp³-hybridized carbons (Fsp3) is 0.304. The van der Waals surface area contributed by atoms with Gasteiger partial charge in [0.25, 0.3) is 5.56 Å². The van der Waals surface area contributed by atoms with Crippen molar-refractivity contribution in [3.05, 3.63) is 76.2 Å². The lowest BCUT2D eigenvalue weighted by Gasteiger charge is -2.26. The molecule has 0 aliphatic rings. The number of aromatic amines is 1. The van der Waals surface area contributed by atoms with Crippen molar-refractivity contribution in [1.82, 2.24) is 25.0 Å². The van der Waals surface area contributed by atoms with Crippen molar-refractivity contribution in [3.8, 4) is 11.4 Å². The second kappa shape index (κ2) is 8.59. The van der Waals surface area contributed by atoms with Gasteiger partial charge >= 0.3 is 0 Å². The number of nitrogens with one attached hydrogen (secondary N) is 1. The number of hydrogen-bond acceptors (Lipinski definition) is 6. The minimum absolute atomic E-state index is 0.126. The molecule has 2 aromatic carbocycles. The average Bonchev–Trinajstić information content (AvgIpc) is 3.21. The largest absolute Gasteiger partial charge is 0.338 e. The number of fused-ring (bicyclic) bond motifs is 1. The van der Waals surface area contributed by atoms with Gasteiger partial charge in [0.05, 0.1) is 24.0 Å². The van der Waals surface area contributed by atoms with E-state index in [4.69, 9.17) is 4.52 Å². The van der Waals surface area contributed by atoms with Crippen LogP contribution in [0.4, 0.5) is 0 Å². The highest BCUT2D eigenvalue weighted by Crippen LogP contribution is 2.19. The van der Waals surface area contributed by atoms with Gasteiger partial charge in [-0.1, -0.05) is 48.0 Å². The molecule has 2 aromatic heterocycles. The van der Waals surface area contributed by atoms with E-state index in [1.807, 2.05) is 49.4 Å². The predicted molar refractivity (Wildman–Crippen MR) is 116 cm³/mol. The van der Waals surface area contributed by atoms with Gasteiger partial charge in [-0.2, -0.15) is 4.98 Å². The zero-order valence-electron chi connectivity index (χ0n) is 17.4. The molecule has 0 saturated heterocycles. The number of rotatable bonds is 7. The second-order valence-electron chi connectivity index (χ2n) is 7.57. The van der Waals surface area contributed by atoms with E-state index in [1.54, 1.807) is 6.07 Å². The summed E-state index contributed by atoms with van der Waals surface area (Å²) < 4.78 is 5.52. The Labute approximate surface area is 174 Å². The summed E-state index contributed by atoms with van der Waals surface area (Å²) in [6, 6.07) is 15.6. The summed E-state index contributed by atoms with van der Waals surface area (Å²) in [5, 5.41) is 4.74. The summed E-state index contributed by atoms with van der Waals surface area (Å²) in [5.41, 5.74) is 2.64. The highest BCUT2D eigenvalue weighted by Gasteiger charge is 2.19. The summed E-state index contributed by atoms with van der Waals surface area (Å²) in [6.45, 7) is 7.26. The highest BCUT2D eigenvalue weighted by molar-refractivity contribution is 5.77. The number of H-pyrrole nitrogens is 1. The Hall–Kier alpha value is -3.32. The van der Waals surface area contributed by atoms with Crippen LogP contribution in [-0.2, 0) is 13.1 Å². The van der Waals surface area contributed by atoms with Crippen molar-refractivity contribution < 1.29 is 4.52 Å². The third kappa shape index (κ3) is 4.31. The maximum atomic E-state index is 12.4. The molecular formula is C23H25N5O2. The molecule has 1 unspecified atom stereocenters. The molecule has 4 aromatic rings. The Morgan fingerprint density at radius 2 is 1.93 bits per heavy atom. The molecule has 0 fully saturated rings. The van der Waals surface area contributed by atoms with Crippen molar-refractivity contribution in [1.29, 1.82) is 0 Å². The number of para-hydroxylation sites is 1. The van der Waals surface area contributed by atoms with Crippen LogP contribution in [0.2, 0.25) is 0 Å². The van der Waals surface area contributed by atoms with E-state index < -0.39 is 0 Å². The number of aromatic nitrogens is 4.